The number of piperazine rings is 1. The zero-order chi connectivity index (χ0) is 20.2. The first kappa shape index (κ1) is 19.6. The van der Waals surface area contributed by atoms with Crippen LogP contribution in [0, 0.1) is 0 Å². The monoisotopic (exact) mass is 391 g/mol. The van der Waals surface area contributed by atoms with Crippen LogP contribution in [0.25, 0.3) is 5.65 Å². The molecule has 29 heavy (non-hydrogen) atoms. The van der Waals surface area contributed by atoms with E-state index >= 15 is 0 Å². The summed E-state index contributed by atoms with van der Waals surface area (Å²) in [5, 5.41) is 0. The third-order valence-corrected chi connectivity index (χ3v) is 5.75. The van der Waals surface area contributed by atoms with Gasteiger partial charge in [0.15, 0.2) is 0 Å². The van der Waals surface area contributed by atoms with Crippen molar-refractivity contribution in [3.8, 4) is 0 Å². The molecule has 3 heterocycles. The molecule has 0 bridgehead atoms. The zero-order valence-corrected chi connectivity index (χ0v) is 17.2. The molecule has 1 amide bonds. The molecular weight excluding hydrogens is 362 g/mol. The van der Waals surface area contributed by atoms with Crippen LogP contribution in [-0.2, 0) is 17.9 Å². The van der Waals surface area contributed by atoms with E-state index in [4.69, 9.17) is 4.98 Å². The van der Waals surface area contributed by atoms with Gasteiger partial charge in [-0.1, -0.05) is 36.4 Å². The molecule has 1 fully saturated rings. The summed E-state index contributed by atoms with van der Waals surface area (Å²) in [4.78, 5) is 24.1. The van der Waals surface area contributed by atoms with E-state index < -0.39 is 0 Å². The molecule has 6 heteroatoms. The van der Waals surface area contributed by atoms with Gasteiger partial charge >= 0.3 is 0 Å². The molecule has 0 spiro atoms. The lowest BCUT2D eigenvalue weighted by atomic mass is 10.1. The summed E-state index contributed by atoms with van der Waals surface area (Å²) >= 11 is 0. The number of aromatic nitrogens is 2. The van der Waals surface area contributed by atoms with Crippen LogP contribution in [0.4, 0.5) is 0 Å². The molecule has 0 unspecified atom stereocenters. The van der Waals surface area contributed by atoms with Gasteiger partial charge in [0.2, 0.25) is 5.91 Å². The largest absolute Gasteiger partial charge is 0.340 e. The van der Waals surface area contributed by atoms with Crippen molar-refractivity contribution in [1.82, 2.24) is 24.1 Å². The molecule has 1 aliphatic heterocycles. The molecule has 2 aromatic heterocycles. The summed E-state index contributed by atoms with van der Waals surface area (Å²) in [5.74, 6) is 0.183. The van der Waals surface area contributed by atoms with Gasteiger partial charge in [0.25, 0.3) is 0 Å². The molecular formula is C23H29N5O. The normalized spacial score (nSPS) is 16.8. The number of rotatable bonds is 6. The molecule has 0 aliphatic carbocycles. The first-order valence-corrected chi connectivity index (χ1v) is 10.3. The second-order valence-corrected chi connectivity index (χ2v) is 7.87. The van der Waals surface area contributed by atoms with Crippen molar-refractivity contribution in [2.24, 2.45) is 0 Å². The number of benzene rings is 1. The van der Waals surface area contributed by atoms with Crippen LogP contribution in [0.5, 0.6) is 0 Å². The highest BCUT2D eigenvalue weighted by molar-refractivity contribution is 5.81. The SMILES string of the molecule is C[C@@H](C(=O)N(C)Cc1ccccc1)N1CCN(Cc2cn3ccccc3n2)CC1. The Morgan fingerprint density at radius 2 is 1.79 bits per heavy atom. The minimum Gasteiger partial charge on any atom is -0.340 e. The fraction of sp³-hybridized carbons (Fsp3) is 0.391. The van der Waals surface area contributed by atoms with Crippen LogP contribution < -0.4 is 0 Å². The van der Waals surface area contributed by atoms with Crippen LogP contribution in [0.15, 0.2) is 60.9 Å². The minimum absolute atomic E-state index is 0.0962. The van der Waals surface area contributed by atoms with Crippen LogP contribution in [0.3, 0.4) is 0 Å². The highest BCUT2D eigenvalue weighted by Crippen LogP contribution is 2.13. The topological polar surface area (TPSA) is 44.1 Å². The first-order chi connectivity index (χ1) is 14.1. The second kappa shape index (κ2) is 8.76. The Hall–Kier alpha value is -2.70. The Morgan fingerprint density at radius 3 is 2.52 bits per heavy atom. The maximum atomic E-state index is 12.9. The van der Waals surface area contributed by atoms with Crippen molar-refractivity contribution in [2.75, 3.05) is 33.2 Å². The smallest absolute Gasteiger partial charge is 0.239 e. The number of hydrogen-bond acceptors (Lipinski definition) is 4. The Balaban J connectivity index is 1.28. The van der Waals surface area contributed by atoms with E-state index in [1.165, 1.54) is 0 Å². The van der Waals surface area contributed by atoms with Crippen molar-refractivity contribution in [3.05, 3.63) is 72.2 Å². The Kier molecular flexibility index (Phi) is 5.92. The first-order valence-electron chi connectivity index (χ1n) is 10.3. The van der Waals surface area contributed by atoms with Crippen LogP contribution in [0.2, 0.25) is 0 Å². The molecule has 1 atom stereocenters. The van der Waals surface area contributed by atoms with Gasteiger partial charge in [0.1, 0.15) is 5.65 Å². The summed E-state index contributed by atoms with van der Waals surface area (Å²) in [7, 11) is 1.89. The number of likely N-dealkylation sites (N-methyl/N-ethyl adjacent to an activating group) is 1. The molecule has 152 valence electrons. The lowest BCUT2D eigenvalue weighted by Gasteiger charge is -2.38. The fourth-order valence-electron chi connectivity index (χ4n) is 4.01. The van der Waals surface area contributed by atoms with Gasteiger partial charge in [-0.25, -0.2) is 4.98 Å². The summed E-state index contributed by atoms with van der Waals surface area (Å²) in [5.41, 5.74) is 3.24. The lowest BCUT2D eigenvalue weighted by molar-refractivity contribution is -0.136. The maximum absolute atomic E-state index is 12.9. The highest BCUT2D eigenvalue weighted by atomic mass is 16.2. The summed E-state index contributed by atoms with van der Waals surface area (Å²) in [6, 6.07) is 16.1. The number of hydrogen-bond donors (Lipinski definition) is 0. The standard InChI is InChI=1S/C23H29N5O/c1-19(23(29)25(2)16-20-8-4-3-5-9-20)27-14-12-26(13-15-27)17-21-18-28-11-7-6-10-22(28)24-21/h3-11,18-19H,12-17H2,1-2H3/t19-/m0/s1. The van der Waals surface area contributed by atoms with Crippen molar-refractivity contribution in [2.45, 2.75) is 26.1 Å². The molecule has 3 aromatic rings. The van der Waals surface area contributed by atoms with E-state index in [2.05, 4.69) is 32.5 Å². The summed E-state index contributed by atoms with van der Waals surface area (Å²) in [6.45, 7) is 7.24. The summed E-state index contributed by atoms with van der Waals surface area (Å²) < 4.78 is 2.06. The van der Waals surface area contributed by atoms with Crippen molar-refractivity contribution in [1.29, 1.82) is 0 Å². The van der Waals surface area contributed by atoms with Crippen molar-refractivity contribution >= 4 is 11.6 Å². The van der Waals surface area contributed by atoms with E-state index in [-0.39, 0.29) is 11.9 Å². The van der Waals surface area contributed by atoms with Gasteiger partial charge in [-0.15, -0.1) is 0 Å². The number of imidazole rings is 1. The van der Waals surface area contributed by atoms with Crippen LogP contribution in [-0.4, -0.2) is 69.3 Å². The van der Waals surface area contributed by atoms with E-state index in [1.807, 2.05) is 61.5 Å². The molecule has 4 rings (SSSR count). The van der Waals surface area contributed by atoms with Gasteiger partial charge < -0.3 is 9.30 Å². The Bertz CT molecular complexity index is 913. The van der Waals surface area contributed by atoms with Gasteiger partial charge in [-0.2, -0.15) is 0 Å². The minimum atomic E-state index is -0.0962. The quantitative estimate of drug-likeness (QED) is 0.648. The Labute approximate surface area is 172 Å². The van der Waals surface area contributed by atoms with Crippen LogP contribution in [0.1, 0.15) is 18.2 Å². The molecule has 6 nitrogen and oxygen atoms in total. The van der Waals surface area contributed by atoms with Gasteiger partial charge in [0.05, 0.1) is 11.7 Å². The average molecular weight is 392 g/mol. The maximum Gasteiger partial charge on any atom is 0.239 e. The van der Waals surface area contributed by atoms with Gasteiger partial charge in [-0.05, 0) is 24.6 Å². The van der Waals surface area contributed by atoms with E-state index in [0.29, 0.717) is 6.54 Å². The molecule has 0 N–H and O–H groups in total. The lowest BCUT2D eigenvalue weighted by Crippen LogP contribution is -2.53. The molecule has 0 saturated carbocycles. The predicted molar refractivity (Wildman–Crippen MR) is 114 cm³/mol. The second-order valence-electron chi connectivity index (χ2n) is 7.87. The third kappa shape index (κ3) is 4.66. The molecule has 1 saturated heterocycles. The molecule has 1 aliphatic rings. The highest BCUT2D eigenvalue weighted by Gasteiger charge is 2.27. The number of amides is 1. The number of nitrogens with zero attached hydrogens (tertiary/aromatic N) is 5. The summed E-state index contributed by atoms with van der Waals surface area (Å²) in [6.07, 6.45) is 4.13. The van der Waals surface area contributed by atoms with Gasteiger partial charge in [-0.3, -0.25) is 14.6 Å². The van der Waals surface area contributed by atoms with Gasteiger partial charge in [0, 0.05) is 58.7 Å². The average Bonchev–Trinajstić information content (AvgIpc) is 3.16. The van der Waals surface area contributed by atoms with Crippen molar-refractivity contribution in [3.63, 3.8) is 0 Å². The number of pyridine rings is 1. The fourth-order valence-corrected chi connectivity index (χ4v) is 4.01. The molecule has 0 radical (unpaired) electrons. The third-order valence-electron chi connectivity index (χ3n) is 5.75. The Morgan fingerprint density at radius 1 is 1.07 bits per heavy atom. The van der Waals surface area contributed by atoms with E-state index in [1.54, 1.807) is 0 Å². The molecule has 1 aromatic carbocycles. The number of fused-ring (bicyclic) bond motifs is 1. The van der Waals surface area contributed by atoms with Crippen molar-refractivity contribution < 1.29 is 4.79 Å². The number of carbonyl (C=O) groups excluding carboxylic acids is 1. The zero-order valence-electron chi connectivity index (χ0n) is 17.2. The number of carbonyl (C=O) groups is 1. The van der Waals surface area contributed by atoms with E-state index in [9.17, 15) is 4.79 Å². The predicted octanol–water partition coefficient (Wildman–Crippen LogP) is 2.50. The van der Waals surface area contributed by atoms with Crippen LogP contribution >= 0.6 is 0 Å². The van der Waals surface area contributed by atoms with E-state index in [0.717, 1.165) is 49.6 Å².